The number of carbonyl (C=O) groups excluding carboxylic acids is 1. The second kappa shape index (κ2) is 10.8. The molecule has 0 spiro atoms. The van der Waals surface area contributed by atoms with Gasteiger partial charge in [0.25, 0.3) is 0 Å². The van der Waals surface area contributed by atoms with Crippen molar-refractivity contribution < 1.29 is 18.4 Å². The molecule has 19 heavy (non-hydrogen) atoms. The van der Waals surface area contributed by atoms with Crippen LogP contribution < -0.4 is 0 Å². The van der Waals surface area contributed by atoms with Crippen molar-refractivity contribution in [3.05, 3.63) is 0 Å². The first-order chi connectivity index (χ1) is 8.91. The first-order valence-corrected chi connectivity index (χ1v) is 9.56. The van der Waals surface area contributed by atoms with E-state index in [1.54, 1.807) is 13.8 Å². The van der Waals surface area contributed by atoms with Crippen molar-refractivity contribution in [2.45, 2.75) is 57.3 Å². The van der Waals surface area contributed by atoms with Crippen molar-refractivity contribution in [1.29, 1.82) is 0 Å². The van der Waals surface area contributed by atoms with Crippen LogP contribution in [0.2, 0.25) is 6.04 Å². The van der Waals surface area contributed by atoms with Gasteiger partial charge in [0.15, 0.2) is 0 Å². The quantitative estimate of drug-likeness (QED) is 0.247. The minimum atomic E-state index is -1.58. The van der Waals surface area contributed by atoms with Crippen molar-refractivity contribution in [3.8, 4) is 0 Å². The lowest BCUT2D eigenvalue weighted by molar-refractivity contribution is -0.145. The van der Waals surface area contributed by atoms with Crippen LogP contribution in [0.15, 0.2) is 0 Å². The summed E-state index contributed by atoms with van der Waals surface area (Å²) in [7, 11) is -1.58. The average molecular weight is 355 g/mol. The van der Waals surface area contributed by atoms with Gasteiger partial charge < -0.3 is 13.6 Å². The Bertz CT molecular complexity index is 235. The first kappa shape index (κ1) is 19.1. The second-order valence-corrected chi connectivity index (χ2v) is 9.01. The Morgan fingerprint density at radius 1 is 1.11 bits per heavy atom. The summed E-state index contributed by atoms with van der Waals surface area (Å²) in [6.07, 6.45) is 2.82. The molecule has 0 aromatic carbocycles. The smallest absolute Gasteiger partial charge is 0.322 e. The Morgan fingerprint density at radius 2 is 1.63 bits per heavy atom. The molecule has 0 aromatic heterocycles. The summed E-state index contributed by atoms with van der Waals surface area (Å²) < 4.78 is 16.1. The maximum absolute atomic E-state index is 11.5. The monoisotopic (exact) mass is 354 g/mol. The van der Waals surface area contributed by atoms with Gasteiger partial charge in [0.2, 0.25) is 0 Å². The molecule has 0 fully saturated rings. The fourth-order valence-electron chi connectivity index (χ4n) is 1.30. The number of halogens is 1. The van der Waals surface area contributed by atoms with Crippen LogP contribution in [0.1, 0.15) is 47.0 Å². The summed E-state index contributed by atoms with van der Waals surface area (Å²) in [6, 6.07) is 0.885. The van der Waals surface area contributed by atoms with Gasteiger partial charge in [0.1, 0.15) is 4.32 Å². The van der Waals surface area contributed by atoms with E-state index in [1.165, 1.54) is 0 Å². The Kier molecular flexibility index (Phi) is 10.9. The highest BCUT2D eigenvalue weighted by Crippen LogP contribution is 2.17. The number of alkyl halides is 1. The Balaban J connectivity index is 3.81. The molecule has 0 rings (SSSR count). The normalized spacial score (nSPS) is 11.9. The minimum Gasteiger partial charge on any atom is -0.465 e. The molecular formula is C13H27BrO4Si. The summed E-state index contributed by atoms with van der Waals surface area (Å²) in [6.45, 7) is 9.69. The fraction of sp³-hybridized carbons (Fsp3) is 0.923. The second-order valence-electron chi connectivity index (χ2n) is 4.92. The lowest BCUT2D eigenvalue weighted by Gasteiger charge is -2.17. The molecule has 0 amide bonds. The van der Waals surface area contributed by atoms with E-state index in [4.69, 9.17) is 13.6 Å². The van der Waals surface area contributed by atoms with Crippen LogP contribution in [0.4, 0.5) is 0 Å². The number of hydrogen-bond acceptors (Lipinski definition) is 4. The highest BCUT2D eigenvalue weighted by molar-refractivity contribution is 9.10. The third kappa shape index (κ3) is 10.5. The summed E-state index contributed by atoms with van der Waals surface area (Å²) >= 11 is 3.28. The maximum atomic E-state index is 11.5. The van der Waals surface area contributed by atoms with Crippen LogP contribution in [0.25, 0.3) is 0 Å². The lowest BCUT2D eigenvalue weighted by Crippen LogP contribution is -2.28. The molecule has 0 heterocycles. The molecule has 0 saturated carbocycles. The van der Waals surface area contributed by atoms with Crippen molar-refractivity contribution >= 4 is 31.2 Å². The number of rotatable bonds is 11. The van der Waals surface area contributed by atoms with E-state index in [0.29, 0.717) is 6.61 Å². The van der Waals surface area contributed by atoms with Crippen molar-refractivity contribution in [1.82, 2.24) is 0 Å². The third-order valence-electron chi connectivity index (χ3n) is 2.32. The highest BCUT2D eigenvalue weighted by Gasteiger charge is 2.25. The molecule has 0 N–H and O–H groups in total. The molecule has 6 heteroatoms. The summed E-state index contributed by atoms with van der Waals surface area (Å²) in [4.78, 5) is 11.5. The number of carbonyl (C=O) groups is 1. The van der Waals surface area contributed by atoms with Crippen molar-refractivity contribution in [3.63, 3.8) is 0 Å². The van der Waals surface area contributed by atoms with Gasteiger partial charge >= 0.3 is 15.3 Å². The number of ether oxygens (including phenoxy) is 1. The molecule has 0 unspecified atom stereocenters. The minimum absolute atomic E-state index is 0.227. The molecule has 0 aromatic rings. The van der Waals surface area contributed by atoms with Crippen LogP contribution in [-0.2, 0) is 18.4 Å². The van der Waals surface area contributed by atoms with E-state index in [2.05, 4.69) is 29.8 Å². The Hall–Kier alpha value is 0.0869. The molecule has 0 bridgehead atoms. The first-order valence-electron chi connectivity index (χ1n) is 7.01. The van der Waals surface area contributed by atoms with E-state index >= 15 is 0 Å². The van der Waals surface area contributed by atoms with E-state index in [1.807, 2.05) is 0 Å². The Morgan fingerprint density at radius 3 is 2.05 bits per heavy atom. The molecule has 114 valence electrons. The number of hydrogen-bond donors (Lipinski definition) is 0. The van der Waals surface area contributed by atoms with Crippen LogP contribution in [0, 0.1) is 0 Å². The summed E-state index contributed by atoms with van der Waals surface area (Å²) in [5.41, 5.74) is 0. The van der Waals surface area contributed by atoms with Gasteiger partial charge in [-0.15, -0.1) is 0 Å². The van der Waals surface area contributed by atoms with Crippen LogP contribution in [0.3, 0.4) is 0 Å². The highest BCUT2D eigenvalue weighted by atomic mass is 79.9. The zero-order chi connectivity index (χ0) is 14.7. The zero-order valence-corrected chi connectivity index (χ0v) is 15.3. The zero-order valence-electron chi connectivity index (χ0n) is 12.5. The molecule has 0 aliphatic rings. The van der Waals surface area contributed by atoms with E-state index in [0.717, 1.165) is 38.5 Å². The largest absolute Gasteiger partial charge is 0.465 e. The van der Waals surface area contributed by atoms with Crippen LogP contribution in [-0.4, -0.2) is 39.4 Å². The molecular weight excluding hydrogens is 328 g/mol. The van der Waals surface area contributed by atoms with Crippen molar-refractivity contribution in [2.75, 3.05) is 19.8 Å². The maximum Gasteiger partial charge on any atom is 0.322 e. The van der Waals surface area contributed by atoms with Gasteiger partial charge in [-0.25, -0.2) is 0 Å². The molecule has 0 radical (unpaired) electrons. The van der Waals surface area contributed by atoms with Gasteiger partial charge in [-0.1, -0.05) is 29.8 Å². The average Bonchev–Trinajstić information content (AvgIpc) is 2.35. The number of esters is 1. The van der Waals surface area contributed by atoms with Gasteiger partial charge in [-0.3, -0.25) is 4.79 Å². The lowest BCUT2D eigenvalue weighted by atomic mass is 10.2. The SMILES string of the molecule is CCCO[SiH](CCCOC(=O)C(C)(C)Br)OCCC. The van der Waals surface area contributed by atoms with E-state index in [9.17, 15) is 4.79 Å². The molecule has 4 nitrogen and oxygen atoms in total. The molecule has 0 saturated heterocycles. The standard InChI is InChI=1S/C13H27BrO4Si/c1-5-8-17-19(18-9-6-2)11-7-10-16-12(15)13(3,4)14/h19H,5-11H2,1-4H3. The van der Waals surface area contributed by atoms with Gasteiger partial charge in [-0.2, -0.15) is 0 Å². The molecule has 0 aliphatic heterocycles. The van der Waals surface area contributed by atoms with Crippen LogP contribution in [0.5, 0.6) is 0 Å². The topological polar surface area (TPSA) is 44.8 Å². The van der Waals surface area contributed by atoms with Crippen molar-refractivity contribution in [2.24, 2.45) is 0 Å². The Labute approximate surface area is 127 Å². The van der Waals surface area contributed by atoms with Crippen LogP contribution >= 0.6 is 15.9 Å². The molecule has 0 aliphatic carbocycles. The van der Waals surface area contributed by atoms with Gasteiger partial charge in [-0.05, 0) is 39.2 Å². The predicted molar refractivity (Wildman–Crippen MR) is 83.0 cm³/mol. The van der Waals surface area contributed by atoms with Gasteiger partial charge in [0, 0.05) is 13.2 Å². The van der Waals surface area contributed by atoms with E-state index in [-0.39, 0.29) is 5.97 Å². The van der Waals surface area contributed by atoms with Gasteiger partial charge in [0.05, 0.1) is 6.61 Å². The fourth-order valence-corrected chi connectivity index (χ4v) is 3.34. The predicted octanol–water partition coefficient (Wildman–Crippen LogP) is 3.17. The summed E-state index contributed by atoms with van der Waals surface area (Å²) in [5, 5.41) is 0. The van der Waals surface area contributed by atoms with E-state index < -0.39 is 13.6 Å². The summed E-state index contributed by atoms with van der Waals surface area (Å²) in [5.74, 6) is -0.227. The third-order valence-corrected chi connectivity index (χ3v) is 4.74. The molecule has 0 atom stereocenters.